The van der Waals surface area contributed by atoms with Gasteiger partial charge in [-0.2, -0.15) is 10.5 Å². The first kappa shape index (κ1) is 18.6. The minimum atomic E-state index is 0.0322. The Labute approximate surface area is 159 Å². The zero-order valence-electron chi connectivity index (χ0n) is 16.0. The first-order valence-electron chi connectivity index (χ1n) is 8.77. The zero-order chi connectivity index (χ0) is 19.6. The lowest BCUT2D eigenvalue weighted by Crippen LogP contribution is -2.15. The standard InChI is InChI=1S/C11H11NO2.C11H11NO/c1-13-10-4-7-3-8(6-12)9(7)5-11(10)14-2;1-7-3-10-8(4-9(10)6-12)5-11(7)13-2/h4-5,8H,3H2,1-2H3;3,5,9H,4H2,1-2H3/t8-;9-/m10/s1. The molecule has 0 saturated heterocycles. The Balaban J connectivity index is 0.000000156. The van der Waals surface area contributed by atoms with E-state index in [2.05, 4.69) is 18.2 Å². The normalized spacial score (nSPS) is 18.0. The molecule has 0 unspecified atom stereocenters. The summed E-state index contributed by atoms with van der Waals surface area (Å²) in [6, 6.07) is 12.5. The molecule has 4 rings (SSSR count). The number of hydrogen-bond donors (Lipinski definition) is 0. The Morgan fingerprint density at radius 3 is 1.67 bits per heavy atom. The van der Waals surface area contributed by atoms with Crippen LogP contribution in [0, 0.1) is 29.6 Å². The van der Waals surface area contributed by atoms with Crippen LogP contribution in [0.4, 0.5) is 0 Å². The van der Waals surface area contributed by atoms with Gasteiger partial charge in [0.15, 0.2) is 11.5 Å². The van der Waals surface area contributed by atoms with Crippen molar-refractivity contribution in [2.45, 2.75) is 31.6 Å². The first-order chi connectivity index (χ1) is 13.1. The minimum Gasteiger partial charge on any atom is -0.496 e. The summed E-state index contributed by atoms with van der Waals surface area (Å²) in [6.45, 7) is 2.01. The van der Waals surface area contributed by atoms with Crippen molar-refractivity contribution in [1.29, 1.82) is 10.5 Å². The molecule has 0 aromatic heterocycles. The van der Waals surface area contributed by atoms with Crippen LogP contribution >= 0.6 is 0 Å². The van der Waals surface area contributed by atoms with E-state index in [4.69, 9.17) is 24.7 Å². The summed E-state index contributed by atoms with van der Waals surface area (Å²) in [7, 11) is 4.89. The molecule has 0 heterocycles. The number of aryl methyl sites for hydroxylation is 1. The molecule has 2 aromatic rings. The van der Waals surface area contributed by atoms with Crippen LogP contribution in [0.15, 0.2) is 24.3 Å². The molecule has 0 N–H and O–H groups in total. The largest absolute Gasteiger partial charge is 0.496 e. The van der Waals surface area contributed by atoms with E-state index in [1.54, 1.807) is 21.3 Å². The Bertz CT molecular complexity index is 953. The number of hydrogen-bond acceptors (Lipinski definition) is 5. The second-order valence-corrected chi connectivity index (χ2v) is 6.70. The lowest BCUT2D eigenvalue weighted by molar-refractivity contribution is 0.353. The topological polar surface area (TPSA) is 75.3 Å². The first-order valence-corrected chi connectivity index (χ1v) is 8.77. The van der Waals surface area contributed by atoms with Crippen LogP contribution in [0.5, 0.6) is 17.2 Å². The van der Waals surface area contributed by atoms with Gasteiger partial charge in [0.1, 0.15) is 5.75 Å². The predicted molar refractivity (Wildman–Crippen MR) is 101 cm³/mol. The van der Waals surface area contributed by atoms with Crippen LogP contribution in [-0.4, -0.2) is 21.3 Å². The summed E-state index contributed by atoms with van der Waals surface area (Å²) in [5.74, 6) is 2.51. The van der Waals surface area contributed by atoms with E-state index in [1.165, 1.54) is 16.7 Å². The summed E-state index contributed by atoms with van der Waals surface area (Å²) < 4.78 is 15.5. The van der Waals surface area contributed by atoms with Gasteiger partial charge >= 0.3 is 0 Å². The van der Waals surface area contributed by atoms with Crippen molar-refractivity contribution in [1.82, 2.24) is 0 Å². The predicted octanol–water partition coefficient (Wildman–Crippen LogP) is 4.03. The van der Waals surface area contributed by atoms with Gasteiger partial charge in [0.2, 0.25) is 0 Å². The summed E-state index contributed by atoms with van der Waals surface area (Å²) in [5.41, 5.74) is 5.82. The lowest BCUT2D eigenvalue weighted by atomic mass is 9.77. The third-order valence-electron chi connectivity index (χ3n) is 5.21. The molecule has 5 nitrogen and oxygen atoms in total. The fourth-order valence-corrected chi connectivity index (χ4v) is 3.54. The number of methoxy groups -OCH3 is 3. The Hall–Kier alpha value is -3.18. The molecule has 5 heteroatoms. The summed E-state index contributed by atoms with van der Waals surface area (Å²) in [5, 5.41) is 17.6. The van der Waals surface area contributed by atoms with Gasteiger partial charge in [-0.25, -0.2) is 0 Å². The molecule has 2 aliphatic rings. The summed E-state index contributed by atoms with van der Waals surface area (Å²) >= 11 is 0. The average molecular weight is 362 g/mol. The highest BCUT2D eigenvalue weighted by molar-refractivity contribution is 5.55. The van der Waals surface area contributed by atoms with Crippen LogP contribution in [0.2, 0.25) is 0 Å². The average Bonchev–Trinajstić information content (AvgIpc) is 2.66. The van der Waals surface area contributed by atoms with Gasteiger partial charge in [0, 0.05) is 0 Å². The van der Waals surface area contributed by atoms with E-state index in [-0.39, 0.29) is 11.8 Å². The number of benzene rings is 2. The molecule has 0 spiro atoms. The molecule has 0 radical (unpaired) electrons. The Morgan fingerprint density at radius 2 is 1.19 bits per heavy atom. The highest BCUT2D eigenvalue weighted by atomic mass is 16.5. The molecule has 0 bridgehead atoms. The van der Waals surface area contributed by atoms with Crippen molar-refractivity contribution in [3.63, 3.8) is 0 Å². The smallest absolute Gasteiger partial charge is 0.161 e. The van der Waals surface area contributed by atoms with Gasteiger partial charge in [-0.3, -0.25) is 0 Å². The number of rotatable bonds is 3. The highest BCUT2D eigenvalue weighted by Crippen LogP contribution is 2.42. The van der Waals surface area contributed by atoms with Gasteiger partial charge in [-0.15, -0.1) is 0 Å². The molecule has 27 heavy (non-hydrogen) atoms. The van der Waals surface area contributed by atoms with Gasteiger partial charge in [-0.1, -0.05) is 6.07 Å². The minimum absolute atomic E-state index is 0.0322. The zero-order valence-corrected chi connectivity index (χ0v) is 16.0. The fraction of sp³-hybridized carbons (Fsp3) is 0.364. The van der Waals surface area contributed by atoms with Crippen molar-refractivity contribution in [3.05, 3.63) is 52.1 Å². The number of nitrogens with zero attached hydrogens (tertiary/aromatic N) is 2. The van der Waals surface area contributed by atoms with Crippen molar-refractivity contribution in [2.75, 3.05) is 21.3 Å². The second-order valence-electron chi connectivity index (χ2n) is 6.70. The van der Waals surface area contributed by atoms with Gasteiger partial charge in [0.25, 0.3) is 0 Å². The van der Waals surface area contributed by atoms with Crippen molar-refractivity contribution in [2.24, 2.45) is 0 Å². The maximum Gasteiger partial charge on any atom is 0.161 e. The van der Waals surface area contributed by atoms with Crippen LogP contribution in [0.1, 0.15) is 39.7 Å². The van der Waals surface area contributed by atoms with E-state index < -0.39 is 0 Å². The number of nitriles is 2. The maximum absolute atomic E-state index is 8.80. The second kappa shape index (κ2) is 7.60. The molecular weight excluding hydrogens is 340 g/mol. The van der Waals surface area contributed by atoms with Crippen LogP contribution < -0.4 is 14.2 Å². The molecular formula is C22H22N2O3. The molecule has 2 aliphatic carbocycles. The summed E-state index contributed by atoms with van der Waals surface area (Å²) in [4.78, 5) is 0. The van der Waals surface area contributed by atoms with Crippen molar-refractivity contribution < 1.29 is 14.2 Å². The van der Waals surface area contributed by atoms with E-state index in [0.717, 1.165) is 35.5 Å². The van der Waals surface area contributed by atoms with Gasteiger partial charge in [-0.05, 0) is 65.8 Å². The molecule has 0 fully saturated rings. The third-order valence-corrected chi connectivity index (χ3v) is 5.21. The molecule has 2 atom stereocenters. The SMILES string of the molecule is COc1cc2c(cc1C)[C@H](C#N)C2.COc1cc2c(cc1OC)[C@@H](C#N)C2. The van der Waals surface area contributed by atoms with E-state index in [9.17, 15) is 0 Å². The quantitative estimate of drug-likeness (QED) is 0.824. The molecule has 0 saturated carbocycles. The van der Waals surface area contributed by atoms with Gasteiger partial charge in [0.05, 0.1) is 45.3 Å². The maximum atomic E-state index is 8.80. The van der Waals surface area contributed by atoms with Crippen LogP contribution in [0.25, 0.3) is 0 Å². The summed E-state index contributed by atoms with van der Waals surface area (Å²) in [6.07, 6.45) is 1.70. The number of ether oxygens (including phenoxy) is 3. The lowest BCUT2D eigenvalue weighted by Gasteiger charge is -2.26. The number of fused-ring (bicyclic) bond motifs is 2. The van der Waals surface area contributed by atoms with Crippen LogP contribution in [0.3, 0.4) is 0 Å². The molecule has 138 valence electrons. The molecule has 0 aliphatic heterocycles. The molecule has 0 amide bonds. The Morgan fingerprint density at radius 1 is 0.741 bits per heavy atom. The fourth-order valence-electron chi connectivity index (χ4n) is 3.54. The van der Waals surface area contributed by atoms with E-state index in [1.807, 2.05) is 25.1 Å². The third kappa shape index (κ3) is 3.29. The van der Waals surface area contributed by atoms with E-state index in [0.29, 0.717) is 5.75 Å². The highest BCUT2D eigenvalue weighted by Gasteiger charge is 2.28. The van der Waals surface area contributed by atoms with E-state index >= 15 is 0 Å². The van der Waals surface area contributed by atoms with Crippen LogP contribution in [-0.2, 0) is 12.8 Å². The van der Waals surface area contributed by atoms with Crippen molar-refractivity contribution in [3.8, 4) is 29.4 Å². The monoisotopic (exact) mass is 362 g/mol. The Kier molecular flexibility index (Phi) is 5.23. The van der Waals surface area contributed by atoms with Crippen molar-refractivity contribution >= 4 is 0 Å². The molecule has 2 aromatic carbocycles. The van der Waals surface area contributed by atoms with Gasteiger partial charge < -0.3 is 14.2 Å².